The van der Waals surface area contributed by atoms with Gasteiger partial charge in [-0.15, -0.1) is 0 Å². The number of nitrogens with two attached hydrogens (primary N) is 2. The molecule has 1 aromatic carbocycles. The lowest BCUT2D eigenvalue weighted by Gasteiger charge is -2.09. The number of carbonyl (C=O) groups excluding carboxylic acids is 2. The molecule has 0 saturated heterocycles. The molecule has 16 heavy (non-hydrogen) atoms. The second-order valence-corrected chi connectivity index (χ2v) is 3.45. The van der Waals surface area contributed by atoms with E-state index in [0.717, 1.165) is 0 Å². The molecule has 0 unspecified atom stereocenters. The van der Waals surface area contributed by atoms with Crippen molar-refractivity contribution < 1.29 is 9.59 Å². The Hall–Kier alpha value is -1.88. The zero-order valence-electron chi connectivity index (χ0n) is 9.07. The van der Waals surface area contributed by atoms with Gasteiger partial charge in [-0.05, 0) is 30.7 Å². The number of primary amides is 1. The van der Waals surface area contributed by atoms with Gasteiger partial charge in [0.2, 0.25) is 11.8 Å². The van der Waals surface area contributed by atoms with Crippen LogP contribution in [0.2, 0.25) is 0 Å². The first kappa shape index (κ1) is 12.2. The lowest BCUT2D eigenvalue weighted by Crippen LogP contribution is -2.34. The molecule has 0 aliphatic rings. The van der Waals surface area contributed by atoms with Crippen molar-refractivity contribution in [1.29, 1.82) is 0 Å². The van der Waals surface area contributed by atoms with Crippen molar-refractivity contribution in [1.82, 2.24) is 0 Å². The topological polar surface area (TPSA) is 98.2 Å². The number of benzene rings is 1. The Morgan fingerprint density at radius 3 is 2.31 bits per heavy atom. The number of nitrogens with one attached hydrogen (secondary N) is 1. The molecular formula is C11H15N3O2. The molecule has 2 amide bonds. The van der Waals surface area contributed by atoms with E-state index in [1.807, 2.05) is 6.92 Å². The molecule has 0 radical (unpaired) electrons. The Morgan fingerprint density at radius 2 is 1.88 bits per heavy atom. The molecule has 86 valence electrons. The SMILES string of the molecule is CC[C@@H](N)C(=O)Nc1ccc(C(N)=O)cc1. The minimum absolute atomic E-state index is 0.241. The highest BCUT2D eigenvalue weighted by Crippen LogP contribution is 2.09. The number of hydrogen-bond acceptors (Lipinski definition) is 3. The van der Waals surface area contributed by atoms with E-state index >= 15 is 0 Å². The Labute approximate surface area is 93.8 Å². The van der Waals surface area contributed by atoms with E-state index in [2.05, 4.69) is 5.32 Å². The van der Waals surface area contributed by atoms with E-state index in [9.17, 15) is 9.59 Å². The van der Waals surface area contributed by atoms with Crippen LogP contribution < -0.4 is 16.8 Å². The summed E-state index contributed by atoms with van der Waals surface area (Å²) in [5.74, 6) is -0.738. The standard InChI is InChI=1S/C11H15N3O2/c1-2-9(12)11(16)14-8-5-3-7(4-6-8)10(13)15/h3-6,9H,2,12H2,1H3,(H2,13,15)(H,14,16)/t9-/m1/s1. The number of amides is 2. The van der Waals surface area contributed by atoms with Gasteiger partial charge >= 0.3 is 0 Å². The summed E-state index contributed by atoms with van der Waals surface area (Å²) >= 11 is 0. The predicted octanol–water partition coefficient (Wildman–Crippen LogP) is 0.461. The highest BCUT2D eigenvalue weighted by Gasteiger charge is 2.10. The van der Waals surface area contributed by atoms with Gasteiger partial charge in [-0.25, -0.2) is 0 Å². The number of carbonyl (C=O) groups is 2. The minimum atomic E-state index is -0.518. The van der Waals surface area contributed by atoms with Gasteiger partial charge in [0.25, 0.3) is 0 Å². The van der Waals surface area contributed by atoms with Gasteiger partial charge < -0.3 is 16.8 Å². The first-order valence-corrected chi connectivity index (χ1v) is 5.01. The van der Waals surface area contributed by atoms with Crippen LogP contribution in [0.4, 0.5) is 5.69 Å². The maximum Gasteiger partial charge on any atom is 0.248 e. The average Bonchev–Trinajstić information content (AvgIpc) is 2.28. The molecule has 1 rings (SSSR count). The van der Waals surface area contributed by atoms with Crippen molar-refractivity contribution in [2.75, 3.05) is 5.32 Å². The first-order chi connectivity index (χ1) is 7.54. The quantitative estimate of drug-likeness (QED) is 0.688. The van der Waals surface area contributed by atoms with Crippen molar-refractivity contribution >= 4 is 17.5 Å². The van der Waals surface area contributed by atoms with Crippen LogP contribution in [0.15, 0.2) is 24.3 Å². The molecule has 0 aliphatic heterocycles. The fourth-order valence-electron chi connectivity index (χ4n) is 1.14. The van der Waals surface area contributed by atoms with E-state index in [0.29, 0.717) is 17.7 Å². The van der Waals surface area contributed by atoms with Crippen molar-refractivity contribution in [3.05, 3.63) is 29.8 Å². The molecule has 5 N–H and O–H groups in total. The van der Waals surface area contributed by atoms with Crippen LogP contribution in [-0.4, -0.2) is 17.9 Å². The molecule has 1 atom stereocenters. The van der Waals surface area contributed by atoms with Gasteiger partial charge in [0.1, 0.15) is 0 Å². The zero-order valence-corrected chi connectivity index (χ0v) is 9.07. The van der Waals surface area contributed by atoms with Gasteiger partial charge in [0, 0.05) is 11.3 Å². The zero-order chi connectivity index (χ0) is 12.1. The summed E-state index contributed by atoms with van der Waals surface area (Å²) in [5, 5.41) is 2.64. The van der Waals surface area contributed by atoms with Crippen LogP contribution in [0.1, 0.15) is 23.7 Å². The molecule has 0 heterocycles. The van der Waals surface area contributed by atoms with Crippen LogP contribution in [0, 0.1) is 0 Å². The molecule has 0 aromatic heterocycles. The molecule has 5 heteroatoms. The summed E-state index contributed by atoms with van der Waals surface area (Å²) < 4.78 is 0. The van der Waals surface area contributed by atoms with Crippen LogP contribution in [0.25, 0.3) is 0 Å². The van der Waals surface area contributed by atoms with Crippen molar-refractivity contribution in [3.8, 4) is 0 Å². The van der Waals surface area contributed by atoms with Crippen molar-refractivity contribution in [3.63, 3.8) is 0 Å². The second kappa shape index (κ2) is 5.27. The molecule has 0 aliphatic carbocycles. The summed E-state index contributed by atoms with van der Waals surface area (Å²) in [7, 11) is 0. The molecular weight excluding hydrogens is 206 g/mol. The molecule has 0 spiro atoms. The number of hydrogen-bond donors (Lipinski definition) is 3. The molecule has 5 nitrogen and oxygen atoms in total. The summed E-state index contributed by atoms with van der Waals surface area (Å²) in [6.45, 7) is 1.83. The Balaban J connectivity index is 2.69. The molecule has 1 aromatic rings. The second-order valence-electron chi connectivity index (χ2n) is 3.45. The van der Waals surface area contributed by atoms with Crippen LogP contribution in [-0.2, 0) is 4.79 Å². The van der Waals surface area contributed by atoms with Crippen molar-refractivity contribution in [2.24, 2.45) is 11.5 Å². The van der Waals surface area contributed by atoms with E-state index in [4.69, 9.17) is 11.5 Å². The third kappa shape index (κ3) is 3.06. The Kier molecular flexibility index (Phi) is 4.02. The van der Waals surface area contributed by atoms with Gasteiger partial charge in [0.05, 0.1) is 6.04 Å². The molecule has 0 fully saturated rings. The molecule has 0 bridgehead atoms. The van der Waals surface area contributed by atoms with Gasteiger partial charge in [-0.3, -0.25) is 9.59 Å². The fourth-order valence-corrected chi connectivity index (χ4v) is 1.14. The normalized spacial score (nSPS) is 11.9. The maximum atomic E-state index is 11.4. The Morgan fingerprint density at radius 1 is 1.31 bits per heavy atom. The largest absolute Gasteiger partial charge is 0.366 e. The summed E-state index contributed by atoms with van der Waals surface area (Å²) in [6.07, 6.45) is 0.575. The maximum absolute atomic E-state index is 11.4. The third-order valence-electron chi connectivity index (χ3n) is 2.21. The lowest BCUT2D eigenvalue weighted by atomic mass is 10.2. The highest BCUT2D eigenvalue weighted by molar-refractivity contribution is 5.96. The fraction of sp³-hybridized carbons (Fsp3) is 0.273. The summed E-state index contributed by atoms with van der Waals surface area (Å²) in [5.41, 5.74) is 11.6. The number of anilines is 1. The predicted molar refractivity (Wildman–Crippen MR) is 61.9 cm³/mol. The third-order valence-corrected chi connectivity index (χ3v) is 2.21. The summed E-state index contributed by atoms with van der Waals surface area (Å²) in [6, 6.07) is 5.81. The van der Waals surface area contributed by atoms with E-state index in [1.165, 1.54) is 0 Å². The average molecular weight is 221 g/mol. The lowest BCUT2D eigenvalue weighted by molar-refractivity contribution is -0.117. The van der Waals surface area contributed by atoms with Gasteiger partial charge in [-0.2, -0.15) is 0 Å². The summed E-state index contributed by atoms with van der Waals surface area (Å²) in [4.78, 5) is 22.2. The monoisotopic (exact) mass is 221 g/mol. The van der Waals surface area contributed by atoms with E-state index < -0.39 is 11.9 Å². The molecule has 0 saturated carbocycles. The van der Waals surface area contributed by atoms with Crippen LogP contribution in [0.3, 0.4) is 0 Å². The van der Waals surface area contributed by atoms with Crippen LogP contribution >= 0.6 is 0 Å². The van der Waals surface area contributed by atoms with E-state index in [1.54, 1.807) is 24.3 Å². The minimum Gasteiger partial charge on any atom is -0.366 e. The highest BCUT2D eigenvalue weighted by atomic mass is 16.2. The van der Waals surface area contributed by atoms with Gasteiger partial charge in [0.15, 0.2) is 0 Å². The first-order valence-electron chi connectivity index (χ1n) is 5.01. The van der Waals surface area contributed by atoms with Gasteiger partial charge in [-0.1, -0.05) is 6.92 Å². The van der Waals surface area contributed by atoms with Crippen LogP contribution in [0.5, 0.6) is 0 Å². The van der Waals surface area contributed by atoms with E-state index in [-0.39, 0.29) is 5.91 Å². The number of rotatable bonds is 4. The van der Waals surface area contributed by atoms with Crippen molar-refractivity contribution in [2.45, 2.75) is 19.4 Å². The smallest absolute Gasteiger partial charge is 0.248 e. The Bertz CT molecular complexity index is 387.